The predicted octanol–water partition coefficient (Wildman–Crippen LogP) is 3.23. The standard InChI is InChI=1S/C16H26N2O/c1-12(2)14-9-13(5-6-15(14)19-4)18-11-16(7-8-16)10-17-3/h5-6,9,12,17-18H,7-8,10-11H2,1-4H3. The minimum Gasteiger partial charge on any atom is -0.496 e. The maximum Gasteiger partial charge on any atom is 0.122 e. The van der Waals surface area contributed by atoms with E-state index in [1.165, 1.54) is 24.1 Å². The molecule has 0 amide bonds. The largest absolute Gasteiger partial charge is 0.496 e. The summed E-state index contributed by atoms with van der Waals surface area (Å²) in [4.78, 5) is 0. The third-order valence-corrected chi connectivity index (χ3v) is 4.03. The van der Waals surface area contributed by atoms with Crippen LogP contribution in [0, 0.1) is 5.41 Å². The monoisotopic (exact) mass is 262 g/mol. The lowest BCUT2D eigenvalue weighted by Crippen LogP contribution is -2.26. The topological polar surface area (TPSA) is 33.3 Å². The van der Waals surface area contributed by atoms with Crippen LogP contribution in [0.2, 0.25) is 0 Å². The van der Waals surface area contributed by atoms with Crippen molar-refractivity contribution in [2.24, 2.45) is 5.41 Å². The van der Waals surface area contributed by atoms with Gasteiger partial charge in [0.2, 0.25) is 0 Å². The molecule has 19 heavy (non-hydrogen) atoms. The van der Waals surface area contributed by atoms with Gasteiger partial charge in [0, 0.05) is 24.2 Å². The Balaban J connectivity index is 2.03. The highest BCUT2D eigenvalue weighted by atomic mass is 16.5. The molecule has 0 aromatic heterocycles. The molecule has 0 unspecified atom stereocenters. The highest BCUT2D eigenvalue weighted by molar-refractivity contribution is 5.52. The third-order valence-electron chi connectivity index (χ3n) is 4.03. The molecule has 1 aromatic rings. The Hall–Kier alpha value is -1.22. The highest BCUT2D eigenvalue weighted by Crippen LogP contribution is 2.45. The Kier molecular flexibility index (Phi) is 4.35. The first-order chi connectivity index (χ1) is 9.10. The molecule has 3 heteroatoms. The lowest BCUT2D eigenvalue weighted by Gasteiger charge is -2.18. The molecule has 1 aromatic carbocycles. The summed E-state index contributed by atoms with van der Waals surface area (Å²) < 4.78 is 5.42. The molecule has 0 radical (unpaired) electrons. The van der Waals surface area contributed by atoms with Crippen LogP contribution in [0.5, 0.6) is 5.75 Å². The fourth-order valence-corrected chi connectivity index (χ4v) is 2.55. The molecule has 0 aliphatic heterocycles. The number of hydrogen-bond acceptors (Lipinski definition) is 3. The number of hydrogen-bond donors (Lipinski definition) is 2. The van der Waals surface area contributed by atoms with Gasteiger partial charge in [0.1, 0.15) is 5.75 Å². The molecule has 2 N–H and O–H groups in total. The van der Waals surface area contributed by atoms with Crippen molar-refractivity contribution in [1.82, 2.24) is 5.32 Å². The molecule has 1 saturated carbocycles. The molecular weight excluding hydrogens is 236 g/mol. The summed E-state index contributed by atoms with van der Waals surface area (Å²) in [5, 5.41) is 6.88. The zero-order valence-corrected chi connectivity index (χ0v) is 12.5. The molecule has 0 bridgehead atoms. The summed E-state index contributed by atoms with van der Waals surface area (Å²) in [6, 6.07) is 6.40. The lowest BCUT2D eigenvalue weighted by atomic mass is 10.0. The van der Waals surface area contributed by atoms with E-state index < -0.39 is 0 Å². The summed E-state index contributed by atoms with van der Waals surface area (Å²) in [6.45, 7) is 6.56. The normalized spacial score (nSPS) is 16.5. The Labute approximate surface area is 116 Å². The van der Waals surface area contributed by atoms with Crippen LogP contribution < -0.4 is 15.4 Å². The Morgan fingerprint density at radius 3 is 2.53 bits per heavy atom. The average molecular weight is 262 g/mol. The molecule has 1 aliphatic carbocycles. The van der Waals surface area contributed by atoms with Crippen molar-refractivity contribution in [2.45, 2.75) is 32.6 Å². The number of anilines is 1. The molecule has 0 heterocycles. The first-order valence-electron chi connectivity index (χ1n) is 7.17. The lowest BCUT2D eigenvalue weighted by molar-refractivity contribution is 0.407. The van der Waals surface area contributed by atoms with Gasteiger partial charge in [-0.15, -0.1) is 0 Å². The summed E-state index contributed by atoms with van der Waals surface area (Å²) in [5.74, 6) is 1.46. The number of methoxy groups -OCH3 is 1. The van der Waals surface area contributed by atoms with E-state index in [0.29, 0.717) is 11.3 Å². The minimum absolute atomic E-state index is 0.476. The maximum atomic E-state index is 5.42. The van der Waals surface area contributed by atoms with Crippen LogP contribution in [-0.4, -0.2) is 27.2 Å². The van der Waals surface area contributed by atoms with Gasteiger partial charge in [-0.25, -0.2) is 0 Å². The van der Waals surface area contributed by atoms with Gasteiger partial charge in [0.25, 0.3) is 0 Å². The Bertz CT molecular complexity index is 425. The number of benzene rings is 1. The van der Waals surface area contributed by atoms with E-state index in [1.54, 1.807) is 7.11 Å². The quantitative estimate of drug-likeness (QED) is 0.791. The zero-order valence-electron chi connectivity index (χ0n) is 12.5. The van der Waals surface area contributed by atoms with E-state index in [1.807, 2.05) is 7.05 Å². The fourth-order valence-electron chi connectivity index (χ4n) is 2.55. The smallest absolute Gasteiger partial charge is 0.122 e. The summed E-state index contributed by atoms with van der Waals surface area (Å²) in [5.41, 5.74) is 2.95. The SMILES string of the molecule is CNCC1(CNc2ccc(OC)c(C(C)C)c2)CC1. The van der Waals surface area contributed by atoms with Crippen molar-refractivity contribution in [3.05, 3.63) is 23.8 Å². The van der Waals surface area contributed by atoms with Gasteiger partial charge in [-0.2, -0.15) is 0 Å². The second kappa shape index (κ2) is 5.83. The highest BCUT2D eigenvalue weighted by Gasteiger charge is 2.41. The van der Waals surface area contributed by atoms with Crippen LogP contribution in [0.25, 0.3) is 0 Å². The minimum atomic E-state index is 0.476. The van der Waals surface area contributed by atoms with Gasteiger partial charge >= 0.3 is 0 Å². The summed E-state index contributed by atoms with van der Waals surface area (Å²) >= 11 is 0. The van der Waals surface area contributed by atoms with E-state index in [4.69, 9.17) is 4.74 Å². The van der Waals surface area contributed by atoms with Crippen molar-refractivity contribution in [3.63, 3.8) is 0 Å². The molecule has 0 atom stereocenters. The van der Waals surface area contributed by atoms with Crippen molar-refractivity contribution in [2.75, 3.05) is 32.6 Å². The molecule has 2 rings (SSSR count). The molecule has 0 spiro atoms. The first-order valence-corrected chi connectivity index (χ1v) is 7.17. The second-order valence-corrected chi connectivity index (χ2v) is 6.00. The van der Waals surface area contributed by atoms with E-state index in [9.17, 15) is 0 Å². The van der Waals surface area contributed by atoms with Gasteiger partial charge in [0.15, 0.2) is 0 Å². The Morgan fingerprint density at radius 1 is 1.26 bits per heavy atom. The van der Waals surface area contributed by atoms with Gasteiger partial charge < -0.3 is 15.4 Å². The number of rotatable bonds is 7. The van der Waals surface area contributed by atoms with Crippen molar-refractivity contribution in [3.8, 4) is 5.75 Å². The molecule has 1 fully saturated rings. The summed E-state index contributed by atoms with van der Waals surface area (Å²) in [7, 11) is 3.77. The Morgan fingerprint density at radius 2 is 2.00 bits per heavy atom. The van der Waals surface area contributed by atoms with Gasteiger partial charge in [-0.05, 0) is 49.6 Å². The van der Waals surface area contributed by atoms with E-state index in [0.717, 1.165) is 18.8 Å². The van der Waals surface area contributed by atoms with Gasteiger partial charge in [0.05, 0.1) is 7.11 Å². The van der Waals surface area contributed by atoms with Gasteiger partial charge in [-0.3, -0.25) is 0 Å². The van der Waals surface area contributed by atoms with Gasteiger partial charge in [-0.1, -0.05) is 13.8 Å². The molecule has 0 saturated heterocycles. The first kappa shape index (κ1) is 14.2. The van der Waals surface area contributed by atoms with Crippen molar-refractivity contribution < 1.29 is 4.74 Å². The molecule has 1 aliphatic rings. The van der Waals surface area contributed by atoms with E-state index in [2.05, 4.69) is 42.7 Å². The van der Waals surface area contributed by atoms with Crippen LogP contribution in [0.4, 0.5) is 5.69 Å². The van der Waals surface area contributed by atoms with Crippen LogP contribution in [-0.2, 0) is 0 Å². The average Bonchev–Trinajstić information content (AvgIpc) is 3.17. The van der Waals surface area contributed by atoms with Crippen LogP contribution >= 0.6 is 0 Å². The van der Waals surface area contributed by atoms with E-state index >= 15 is 0 Å². The third kappa shape index (κ3) is 3.41. The fraction of sp³-hybridized carbons (Fsp3) is 0.625. The maximum absolute atomic E-state index is 5.42. The number of nitrogens with one attached hydrogen (secondary N) is 2. The summed E-state index contributed by atoms with van der Waals surface area (Å²) in [6.07, 6.45) is 2.65. The molecule has 106 valence electrons. The zero-order chi connectivity index (χ0) is 13.9. The van der Waals surface area contributed by atoms with Crippen molar-refractivity contribution in [1.29, 1.82) is 0 Å². The van der Waals surface area contributed by atoms with Crippen LogP contribution in [0.15, 0.2) is 18.2 Å². The predicted molar refractivity (Wildman–Crippen MR) is 81.2 cm³/mol. The van der Waals surface area contributed by atoms with Crippen LogP contribution in [0.1, 0.15) is 38.2 Å². The van der Waals surface area contributed by atoms with Crippen LogP contribution in [0.3, 0.4) is 0 Å². The molecular formula is C16H26N2O. The molecule has 3 nitrogen and oxygen atoms in total. The van der Waals surface area contributed by atoms with Crippen molar-refractivity contribution >= 4 is 5.69 Å². The second-order valence-electron chi connectivity index (χ2n) is 6.00. The number of ether oxygens (including phenoxy) is 1. The van der Waals surface area contributed by atoms with E-state index in [-0.39, 0.29) is 0 Å².